The number of rotatable bonds is 2. The topological polar surface area (TPSA) is 56.7 Å². The highest BCUT2D eigenvalue weighted by molar-refractivity contribution is 9.10. The van der Waals surface area contributed by atoms with Gasteiger partial charge in [-0.1, -0.05) is 19.1 Å². The number of anilines is 1. The summed E-state index contributed by atoms with van der Waals surface area (Å²) < 4.78 is 0.809. The Labute approximate surface area is 125 Å². The number of nitrogen functional groups attached to an aromatic ring is 1. The summed E-state index contributed by atoms with van der Waals surface area (Å²) in [5.74, 6) is 0. The number of nitrogens with zero attached hydrogens (tertiary/aromatic N) is 3. The van der Waals surface area contributed by atoms with Crippen molar-refractivity contribution in [3.63, 3.8) is 0 Å². The lowest BCUT2D eigenvalue weighted by Gasteiger charge is -2.01. The second-order valence-corrected chi connectivity index (χ2v) is 5.59. The zero-order valence-corrected chi connectivity index (χ0v) is 13.0. The lowest BCUT2D eigenvalue weighted by atomic mass is 10.2. The maximum absolute atomic E-state index is 6.01. The van der Waals surface area contributed by atoms with Gasteiger partial charge in [-0.3, -0.25) is 0 Å². The Hall–Kier alpha value is -1.88. The number of nitrogens with two attached hydrogens (primary N) is 1. The van der Waals surface area contributed by atoms with Gasteiger partial charge in [-0.05, 0) is 58.6 Å². The molecular weight excluding hydrogens is 316 g/mol. The van der Waals surface area contributed by atoms with Gasteiger partial charge < -0.3 is 5.73 Å². The molecular formula is C15H15BrN4. The molecule has 1 aromatic heterocycles. The lowest BCUT2D eigenvalue weighted by Crippen LogP contribution is -1.98. The number of hydrogen-bond acceptors (Lipinski definition) is 3. The third-order valence-electron chi connectivity index (χ3n) is 3.44. The number of halogens is 1. The van der Waals surface area contributed by atoms with Crippen LogP contribution in [0.4, 0.5) is 5.69 Å². The van der Waals surface area contributed by atoms with Gasteiger partial charge in [-0.25, -0.2) is 0 Å². The number of aryl methyl sites for hydroxylation is 2. The summed E-state index contributed by atoms with van der Waals surface area (Å²) >= 11 is 3.50. The van der Waals surface area contributed by atoms with Gasteiger partial charge >= 0.3 is 0 Å². The Morgan fingerprint density at radius 2 is 1.90 bits per heavy atom. The van der Waals surface area contributed by atoms with Crippen LogP contribution >= 0.6 is 15.9 Å². The molecule has 0 bridgehead atoms. The van der Waals surface area contributed by atoms with Crippen LogP contribution in [0.3, 0.4) is 0 Å². The van der Waals surface area contributed by atoms with Gasteiger partial charge in [0, 0.05) is 0 Å². The average molecular weight is 331 g/mol. The number of aromatic nitrogens is 3. The molecule has 102 valence electrons. The van der Waals surface area contributed by atoms with Crippen LogP contribution in [-0.2, 0) is 6.42 Å². The van der Waals surface area contributed by atoms with E-state index in [1.54, 1.807) is 4.80 Å². The van der Waals surface area contributed by atoms with E-state index in [9.17, 15) is 0 Å². The number of hydrogen-bond donors (Lipinski definition) is 1. The molecule has 5 heteroatoms. The van der Waals surface area contributed by atoms with E-state index in [0.29, 0.717) is 5.69 Å². The van der Waals surface area contributed by atoms with E-state index >= 15 is 0 Å². The van der Waals surface area contributed by atoms with Gasteiger partial charge in [0.2, 0.25) is 0 Å². The lowest BCUT2D eigenvalue weighted by molar-refractivity contribution is 0.765. The van der Waals surface area contributed by atoms with Crippen LogP contribution in [-0.4, -0.2) is 15.0 Å². The van der Waals surface area contributed by atoms with Crippen LogP contribution in [0.1, 0.15) is 18.1 Å². The highest BCUT2D eigenvalue weighted by Gasteiger charge is 2.12. The van der Waals surface area contributed by atoms with Gasteiger partial charge in [-0.2, -0.15) is 4.80 Å². The van der Waals surface area contributed by atoms with E-state index in [1.807, 2.05) is 25.1 Å². The molecule has 0 aliphatic carbocycles. The molecule has 4 nitrogen and oxygen atoms in total. The maximum Gasteiger partial charge on any atom is 0.129 e. The zero-order chi connectivity index (χ0) is 14.3. The Kier molecular flexibility index (Phi) is 3.22. The van der Waals surface area contributed by atoms with E-state index < -0.39 is 0 Å². The summed E-state index contributed by atoms with van der Waals surface area (Å²) in [6.07, 6.45) is 1.02. The predicted molar refractivity (Wildman–Crippen MR) is 85.1 cm³/mol. The molecule has 0 unspecified atom stereocenters. The van der Waals surface area contributed by atoms with Crippen LogP contribution in [0.15, 0.2) is 34.8 Å². The quantitative estimate of drug-likeness (QED) is 0.730. The molecule has 0 saturated heterocycles. The zero-order valence-electron chi connectivity index (χ0n) is 11.4. The van der Waals surface area contributed by atoms with Gasteiger partial charge in [0.05, 0.1) is 15.8 Å². The Bertz CT molecular complexity index is 775. The van der Waals surface area contributed by atoms with Gasteiger partial charge in [0.1, 0.15) is 11.0 Å². The molecule has 1 heterocycles. The van der Waals surface area contributed by atoms with Crippen molar-refractivity contribution in [1.82, 2.24) is 15.0 Å². The minimum absolute atomic E-state index is 0.714. The minimum Gasteiger partial charge on any atom is -0.398 e. The van der Waals surface area contributed by atoms with E-state index in [2.05, 4.69) is 45.2 Å². The van der Waals surface area contributed by atoms with E-state index in [4.69, 9.17) is 5.73 Å². The second kappa shape index (κ2) is 4.90. The van der Waals surface area contributed by atoms with E-state index in [1.165, 1.54) is 5.56 Å². The van der Waals surface area contributed by atoms with Crippen LogP contribution in [0.2, 0.25) is 0 Å². The van der Waals surface area contributed by atoms with Crippen molar-refractivity contribution in [1.29, 1.82) is 0 Å². The first-order valence-corrected chi connectivity index (χ1v) is 7.30. The van der Waals surface area contributed by atoms with Gasteiger partial charge in [-0.15, -0.1) is 10.2 Å². The summed E-state index contributed by atoms with van der Waals surface area (Å²) in [5, 5.41) is 9.04. The maximum atomic E-state index is 6.01. The number of benzene rings is 2. The normalized spacial score (nSPS) is 11.2. The molecule has 0 saturated carbocycles. The Morgan fingerprint density at radius 3 is 2.55 bits per heavy atom. The summed E-state index contributed by atoms with van der Waals surface area (Å²) in [6.45, 7) is 4.10. The Balaban J connectivity index is 2.15. The van der Waals surface area contributed by atoms with Crippen molar-refractivity contribution in [2.75, 3.05) is 5.73 Å². The summed E-state index contributed by atoms with van der Waals surface area (Å²) in [5.41, 5.74) is 11.6. The van der Waals surface area contributed by atoms with Crippen molar-refractivity contribution < 1.29 is 0 Å². The molecule has 0 atom stereocenters. The van der Waals surface area contributed by atoms with Crippen LogP contribution < -0.4 is 5.73 Å². The molecule has 2 N–H and O–H groups in total. The largest absolute Gasteiger partial charge is 0.398 e. The predicted octanol–water partition coefficient (Wildman–Crippen LogP) is 3.64. The molecule has 0 spiro atoms. The number of fused-ring (bicyclic) bond motifs is 1. The van der Waals surface area contributed by atoms with Crippen molar-refractivity contribution in [2.45, 2.75) is 20.3 Å². The van der Waals surface area contributed by atoms with E-state index in [0.717, 1.165) is 33.2 Å². The van der Waals surface area contributed by atoms with Crippen molar-refractivity contribution in [2.24, 2.45) is 0 Å². The minimum atomic E-state index is 0.714. The molecule has 2 aromatic carbocycles. The fourth-order valence-corrected chi connectivity index (χ4v) is 2.73. The first kappa shape index (κ1) is 13.1. The third kappa shape index (κ3) is 2.08. The first-order chi connectivity index (χ1) is 9.60. The standard InChI is InChI=1S/C15H15BrN4/c1-3-10-4-6-11(7-5-10)20-18-12-8-9(2)14(17)13(16)15(12)19-20/h4-8H,3,17H2,1-2H3. The van der Waals surface area contributed by atoms with Crippen LogP contribution in [0, 0.1) is 6.92 Å². The van der Waals surface area contributed by atoms with Gasteiger partial charge in [0.25, 0.3) is 0 Å². The van der Waals surface area contributed by atoms with Crippen molar-refractivity contribution in [3.8, 4) is 5.69 Å². The molecule has 0 aliphatic heterocycles. The van der Waals surface area contributed by atoms with Crippen LogP contribution in [0.25, 0.3) is 16.7 Å². The molecule has 0 fully saturated rings. The van der Waals surface area contributed by atoms with Gasteiger partial charge in [0.15, 0.2) is 0 Å². The van der Waals surface area contributed by atoms with Crippen molar-refractivity contribution in [3.05, 3.63) is 45.9 Å². The van der Waals surface area contributed by atoms with Crippen molar-refractivity contribution >= 4 is 32.7 Å². The molecule has 0 radical (unpaired) electrons. The SMILES string of the molecule is CCc1ccc(-n2nc3cc(C)c(N)c(Br)c3n2)cc1. The molecule has 0 aliphatic rings. The van der Waals surface area contributed by atoms with Crippen LogP contribution in [0.5, 0.6) is 0 Å². The highest BCUT2D eigenvalue weighted by atomic mass is 79.9. The second-order valence-electron chi connectivity index (χ2n) is 4.80. The summed E-state index contributed by atoms with van der Waals surface area (Å²) in [7, 11) is 0. The fourth-order valence-electron chi connectivity index (χ4n) is 2.14. The molecule has 3 aromatic rings. The molecule has 20 heavy (non-hydrogen) atoms. The Morgan fingerprint density at radius 1 is 1.20 bits per heavy atom. The summed E-state index contributed by atoms with van der Waals surface area (Å²) in [4.78, 5) is 1.65. The third-order valence-corrected chi connectivity index (χ3v) is 4.24. The summed E-state index contributed by atoms with van der Waals surface area (Å²) in [6, 6.07) is 10.2. The smallest absolute Gasteiger partial charge is 0.129 e. The monoisotopic (exact) mass is 330 g/mol. The highest BCUT2D eigenvalue weighted by Crippen LogP contribution is 2.30. The molecule has 0 amide bonds. The van der Waals surface area contributed by atoms with E-state index in [-0.39, 0.29) is 0 Å². The molecule has 3 rings (SSSR count). The fraction of sp³-hybridized carbons (Fsp3) is 0.200. The first-order valence-electron chi connectivity index (χ1n) is 6.51. The average Bonchev–Trinajstić information content (AvgIpc) is 2.89.